The number of nitrogens with zero attached hydrogens (tertiary/aromatic N) is 2. The van der Waals surface area contributed by atoms with E-state index >= 15 is 4.39 Å². The van der Waals surface area contributed by atoms with Crippen molar-refractivity contribution in [2.24, 2.45) is 5.73 Å². The molecule has 0 aliphatic heterocycles. The van der Waals surface area contributed by atoms with E-state index in [1.165, 1.54) is 12.1 Å². The summed E-state index contributed by atoms with van der Waals surface area (Å²) in [7, 11) is 1.73. The van der Waals surface area contributed by atoms with Gasteiger partial charge in [0.05, 0.1) is 29.6 Å². The molecule has 1 aromatic heterocycles. The highest BCUT2D eigenvalue weighted by molar-refractivity contribution is 6.30. The average Bonchev–Trinajstić information content (AvgIpc) is 2.87. The van der Waals surface area contributed by atoms with Crippen LogP contribution >= 0.6 is 11.6 Å². The highest BCUT2D eigenvalue weighted by Gasteiger charge is 2.25. The summed E-state index contributed by atoms with van der Waals surface area (Å²) in [6, 6.07) is 10.8. The number of rotatable bonds is 7. The molecule has 0 radical (unpaired) electrons. The fourth-order valence-electron chi connectivity index (χ4n) is 4.50. The molecule has 1 unspecified atom stereocenters. The molecule has 5 N–H and O–H groups in total. The predicted molar refractivity (Wildman–Crippen MR) is 135 cm³/mol. The Labute approximate surface area is 209 Å². The van der Waals surface area contributed by atoms with E-state index in [1.54, 1.807) is 43.6 Å². The van der Waals surface area contributed by atoms with E-state index in [4.69, 9.17) is 32.8 Å². The fourth-order valence-corrected chi connectivity index (χ4v) is 4.70. The van der Waals surface area contributed by atoms with Crippen molar-refractivity contribution in [1.82, 2.24) is 15.3 Å². The molecule has 9 heteroatoms. The van der Waals surface area contributed by atoms with Gasteiger partial charge < -0.3 is 21.5 Å². The Bertz CT molecular complexity index is 1200. The fraction of sp³-hybridized carbons (Fsp3) is 0.346. The van der Waals surface area contributed by atoms with E-state index in [2.05, 4.69) is 10.3 Å². The minimum Gasteiger partial charge on any atom is -0.382 e. The molecule has 1 aliphatic rings. The van der Waals surface area contributed by atoms with Crippen molar-refractivity contribution in [3.63, 3.8) is 0 Å². The smallest absolute Gasteiger partial charge is 0.254 e. The van der Waals surface area contributed by atoms with Crippen LogP contribution in [0.15, 0.2) is 48.7 Å². The number of amides is 1. The van der Waals surface area contributed by atoms with E-state index in [9.17, 15) is 4.79 Å². The Balaban J connectivity index is 1.53. The predicted octanol–water partition coefficient (Wildman–Crippen LogP) is 4.62. The largest absolute Gasteiger partial charge is 0.382 e. The Morgan fingerprint density at radius 2 is 2.00 bits per heavy atom. The Morgan fingerprint density at radius 3 is 2.66 bits per heavy atom. The highest BCUT2D eigenvalue weighted by Crippen LogP contribution is 2.34. The third-order valence-electron chi connectivity index (χ3n) is 6.52. The lowest BCUT2D eigenvalue weighted by atomic mass is 9.85. The summed E-state index contributed by atoms with van der Waals surface area (Å²) >= 11 is 6.05. The second-order valence-corrected chi connectivity index (χ2v) is 9.19. The lowest BCUT2D eigenvalue weighted by molar-refractivity contribution is 0.0655. The first-order valence-corrected chi connectivity index (χ1v) is 12.0. The van der Waals surface area contributed by atoms with Crippen LogP contribution in [0.5, 0.6) is 0 Å². The molecule has 0 bridgehead atoms. The number of anilines is 1. The van der Waals surface area contributed by atoms with E-state index in [0.717, 1.165) is 36.9 Å². The van der Waals surface area contributed by atoms with Crippen LogP contribution in [0, 0.1) is 5.82 Å². The SMILES string of the molecule is CO[C@H]1CC[C@H](c2cnc(N)c(-c3ccc(C(=O)NC(CN)c4cccc(Cl)c4)c(F)c3)n2)CC1. The number of nitrogen functional groups attached to an aromatic ring is 1. The average molecular weight is 498 g/mol. The van der Waals surface area contributed by atoms with Crippen molar-refractivity contribution in [1.29, 1.82) is 0 Å². The molecule has 1 amide bonds. The zero-order valence-electron chi connectivity index (χ0n) is 19.5. The number of nitrogens with two attached hydrogens (primary N) is 2. The van der Waals surface area contributed by atoms with Gasteiger partial charge in [0.2, 0.25) is 0 Å². The molecule has 0 spiro atoms. The maximum atomic E-state index is 15.1. The summed E-state index contributed by atoms with van der Waals surface area (Å²) < 4.78 is 20.5. The Morgan fingerprint density at radius 1 is 1.23 bits per heavy atom. The van der Waals surface area contributed by atoms with Crippen molar-refractivity contribution in [2.45, 2.75) is 43.7 Å². The molecule has 2 aromatic carbocycles. The molecule has 0 saturated heterocycles. The number of ether oxygens (including phenoxy) is 1. The molecule has 4 rings (SSSR count). The quantitative estimate of drug-likeness (QED) is 0.438. The molecule has 1 fully saturated rings. The van der Waals surface area contributed by atoms with Gasteiger partial charge in [-0.2, -0.15) is 0 Å². The van der Waals surface area contributed by atoms with Crippen LogP contribution < -0.4 is 16.8 Å². The maximum Gasteiger partial charge on any atom is 0.254 e. The minimum atomic E-state index is -0.686. The number of hydrogen-bond acceptors (Lipinski definition) is 6. The third-order valence-corrected chi connectivity index (χ3v) is 6.76. The van der Waals surface area contributed by atoms with Gasteiger partial charge in [-0.3, -0.25) is 4.79 Å². The molecular formula is C26H29ClFN5O2. The summed E-state index contributed by atoms with van der Waals surface area (Å²) in [5.74, 6) is -0.802. The third kappa shape index (κ3) is 5.78. The molecule has 3 aromatic rings. The van der Waals surface area contributed by atoms with Crippen molar-refractivity contribution >= 4 is 23.3 Å². The molecule has 1 saturated carbocycles. The minimum absolute atomic E-state index is 0.102. The molecule has 35 heavy (non-hydrogen) atoms. The number of nitrogens with one attached hydrogen (secondary N) is 1. The van der Waals surface area contributed by atoms with Crippen molar-refractivity contribution in [3.05, 3.63) is 76.3 Å². The summed E-state index contributed by atoms with van der Waals surface area (Å²) in [6.45, 7) is 0.136. The zero-order chi connectivity index (χ0) is 24.9. The normalized spacial score (nSPS) is 18.7. The summed E-state index contributed by atoms with van der Waals surface area (Å²) in [5, 5.41) is 3.30. The van der Waals surface area contributed by atoms with Crippen LogP contribution in [0.3, 0.4) is 0 Å². The van der Waals surface area contributed by atoms with Crippen LogP contribution in [0.4, 0.5) is 10.2 Å². The molecule has 184 valence electrons. The van der Waals surface area contributed by atoms with Crippen molar-refractivity contribution in [3.8, 4) is 11.3 Å². The van der Waals surface area contributed by atoms with Crippen molar-refractivity contribution in [2.75, 3.05) is 19.4 Å². The number of aromatic nitrogens is 2. The van der Waals surface area contributed by atoms with Gasteiger partial charge in [-0.05, 0) is 55.5 Å². The first-order chi connectivity index (χ1) is 16.9. The van der Waals surface area contributed by atoms with Gasteiger partial charge in [0, 0.05) is 30.2 Å². The molecule has 7 nitrogen and oxygen atoms in total. The topological polar surface area (TPSA) is 116 Å². The zero-order valence-corrected chi connectivity index (χ0v) is 20.3. The van der Waals surface area contributed by atoms with Gasteiger partial charge >= 0.3 is 0 Å². The Kier molecular flexibility index (Phi) is 7.95. The van der Waals surface area contributed by atoms with Gasteiger partial charge in [-0.1, -0.05) is 29.8 Å². The highest BCUT2D eigenvalue weighted by atomic mass is 35.5. The molecule has 1 heterocycles. The Hall–Kier alpha value is -3.07. The lowest BCUT2D eigenvalue weighted by Gasteiger charge is -2.27. The first kappa shape index (κ1) is 25.0. The monoisotopic (exact) mass is 497 g/mol. The first-order valence-electron chi connectivity index (χ1n) is 11.6. The van der Waals surface area contributed by atoms with Gasteiger partial charge in [0.1, 0.15) is 17.3 Å². The van der Waals surface area contributed by atoms with Crippen LogP contribution in [0.2, 0.25) is 5.02 Å². The second kappa shape index (κ2) is 11.1. The van der Waals surface area contributed by atoms with E-state index in [-0.39, 0.29) is 29.9 Å². The number of benzene rings is 2. The number of carbonyl (C=O) groups is 1. The number of halogens is 2. The molecular weight excluding hydrogens is 469 g/mol. The lowest BCUT2D eigenvalue weighted by Crippen LogP contribution is -2.33. The van der Waals surface area contributed by atoms with Crippen LogP contribution in [0.1, 0.15) is 59.3 Å². The summed E-state index contributed by atoms with van der Waals surface area (Å²) in [4.78, 5) is 21.8. The molecule has 1 aliphatic carbocycles. The van der Waals surface area contributed by atoms with Crippen molar-refractivity contribution < 1.29 is 13.9 Å². The van der Waals surface area contributed by atoms with E-state index < -0.39 is 17.8 Å². The van der Waals surface area contributed by atoms with Gasteiger partial charge in [0.15, 0.2) is 0 Å². The van der Waals surface area contributed by atoms with Crippen LogP contribution in [-0.2, 0) is 4.74 Å². The second-order valence-electron chi connectivity index (χ2n) is 8.75. The van der Waals surface area contributed by atoms with Gasteiger partial charge in [-0.25, -0.2) is 14.4 Å². The maximum absolute atomic E-state index is 15.1. The summed E-state index contributed by atoms with van der Waals surface area (Å²) in [6.07, 6.45) is 5.77. The molecule has 1 atom stereocenters. The number of hydrogen-bond donors (Lipinski definition) is 3. The van der Waals surface area contributed by atoms with Crippen LogP contribution in [0.25, 0.3) is 11.3 Å². The number of methoxy groups -OCH3 is 1. The number of carbonyl (C=O) groups excluding carboxylic acids is 1. The van der Waals surface area contributed by atoms with E-state index in [0.29, 0.717) is 16.3 Å². The van der Waals surface area contributed by atoms with E-state index in [1.807, 2.05) is 0 Å². The van der Waals surface area contributed by atoms with Crippen LogP contribution in [-0.4, -0.2) is 35.6 Å². The van der Waals surface area contributed by atoms with Gasteiger partial charge in [-0.15, -0.1) is 0 Å². The van der Waals surface area contributed by atoms with Gasteiger partial charge in [0.25, 0.3) is 5.91 Å². The standard InChI is InChI=1S/C26H29ClFN5O2/c1-35-19-8-5-15(6-9-19)23-14-31-25(30)24(32-23)17-7-10-20(21(28)12-17)26(34)33-22(13-29)16-3-2-4-18(27)11-16/h2-4,7,10-12,14-15,19,22H,5-6,8-9,13,29H2,1H3,(H2,30,31)(H,33,34)/t15-,19-,22?. The summed E-state index contributed by atoms with van der Waals surface area (Å²) in [5.41, 5.74) is 14.3.